The van der Waals surface area contributed by atoms with E-state index < -0.39 is 0 Å². The summed E-state index contributed by atoms with van der Waals surface area (Å²) in [5.74, 6) is 2.15. The molecule has 8 heteroatoms. The van der Waals surface area contributed by atoms with Gasteiger partial charge in [0.05, 0.1) is 39.1 Å². The van der Waals surface area contributed by atoms with Crippen molar-refractivity contribution in [3.63, 3.8) is 0 Å². The minimum Gasteiger partial charge on any atom is -0.497 e. The van der Waals surface area contributed by atoms with E-state index >= 15 is 0 Å². The van der Waals surface area contributed by atoms with E-state index in [0.29, 0.717) is 44.2 Å². The first kappa shape index (κ1) is 22.2. The van der Waals surface area contributed by atoms with Crippen molar-refractivity contribution in [2.75, 3.05) is 32.3 Å². The second kappa shape index (κ2) is 9.65. The monoisotopic (exact) mass is 438 g/mol. The number of fused-ring (bicyclic) bond motifs is 1. The number of rotatable bonds is 7. The maximum Gasteiger partial charge on any atom is 0.233 e. The van der Waals surface area contributed by atoms with Crippen LogP contribution in [0.4, 0.5) is 5.82 Å². The average molecular weight is 439 g/mol. The zero-order chi connectivity index (χ0) is 22.7. The number of carbonyl (C=O) groups excluding carboxylic acids is 2. The van der Waals surface area contributed by atoms with Gasteiger partial charge in [-0.3, -0.25) is 14.5 Å². The molecule has 1 fully saturated rings. The average Bonchev–Trinajstić information content (AvgIpc) is 3.13. The van der Waals surface area contributed by atoms with Crippen LogP contribution in [0.15, 0.2) is 24.3 Å². The summed E-state index contributed by atoms with van der Waals surface area (Å²) in [7, 11) is 3.23. The molecule has 1 aromatic carbocycles. The van der Waals surface area contributed by atoms with Crippen LogP contribution in [0.5, 0.6) is 5.75 Å². The van der Waals surface area contributed by atoms with E-state index in [2.05, 4.69) is 0 Å². The molecule has 2 amide bonds. The minimum atomic E-state index is -0.171. The molecule has 1 unspecified atom stereocenters. The second-order valence-electron chi connectivity index (χ2n) is 8.32. The van der Waals surface area contributed by atoms with Gasteiger partial charge in [0.25, 0.3) is 0 Å². The Kier molecular flexibility index (Phi) is 6.69. The summed E-state index contributed by atoms with van der Waals surface area (Å²) in [4.78, 5) is 38.8. The summed E-state index contributed by atoms with van der Waals surface area (Å²) in [6.45, 7) is 3.46. The molecule has 0 saturated carbocycles. The highest BCUT2D eigenvalue weighted by atomic mass is 16.5. The normalized spacial score (nSPS) is 18.1. The molecule has 3 heterocycles. The number of piperidine rings is 1. The maximum atomic E-state index is 12.8. The fraction of sp³-hybridized carbons (Fsp3) is 0.500. The van der Waals surface area contributed by atoms with Gasteiger partial charge in [0.1, 0.15) is 11.6 Å². The number of amides is 2. The zero-order valence-corrected chi connectivity index (χ0v) is 19.0. The lowest BCUT2D eigenvalue weighted by molar-refractivity contribution is -0.136. The van der Waals surface area contributed by atoms with Crippen molar-refractivity contribution in [2.24, 2.45) is 0 Å². The fourth-order valence-electron chi connectivity index (χ4n) is 4.45. The quantitative estimate of drug-likeness (QED) is 0.661. The van der Waals surface area contributed by atoms with Gasteiger partial charge in [-0.25, -0.2) is 9.97 Å². The van der Waals surface area contributed by atoms with Gasteiger partial charge >= 0.3 is 0 Å². The van der Waals surface area contributed by atoms with E-state index in [9.17, 15) is 9.59 Å². The number of hydrogen-bond acceptors (Lipinski definition) is 6. The molecule has 1 saturated heterocycles. The molecule has 1 atom stereocenters. The summed E-state index contributed by atoms with van der Waals surface area (Å²) in [6.07, 6.45) is 3.47. The molecule has 2 aliphatic heterocycles. The number of aromatic nitrogens is 2. The van der Waals surface area contributed by atoms with Gasteiger partial charge in [0.2, 0.25) is 11.8 Å². The van der Waals surface area contributed by atoms with Crippen molar-refractivity contribution in [3.05, 3.63) is 46.9 Å². The standard InChI is InChI=1S/C24H30N4O4/c1-16-19-14-22(30)28(15-17-7-9-18(32-3)10-8-17)24(19)26-23(25-16)20-6-4-5-12-27(20)21(29)11-13-31-2/h7-10,20H,4-6,11-15H2,1-3H3. The third-order valence-corrected chi connectivity index (χ3v) is 6.24. The fourth-order valence-corrected chi connectivity index (χ4v) is 4.45. The third kappa shape index (κ3) is 4.46. The van der Waals surface area contributed by atoms with Crippen LogP contribution in [0.1, 0.15) is 54.4 Å². The van der Waals surface area contributed by atoms with Crippen LogP contribution in [-0.4, -0.2) is 54.1 Å². The van der Waals surface area contributed by atoms with Gasteiger partial charge in [-0.05, 0) is 43.9 Å². The predicted molar refractivity (Wildman–Crippen MR) is 119 cm³/mol. The molecule has 8 nitrogen and oxygen atoms in total. The van der Waals surface area contributed by atoms with Crippen molar-refractivity contribution in [1.82, 2.24) is 14.9 Å². The second-order valence-corrected chi connectivity index (χ2v) is 8.32. The molecule has 32 heavy (non-hydrogen) atoms. The molecule has 2 aromatic rings. The number of aryl methyl sites for hydroxylation is 1. The number of benzene rings is 1. The number of hydrogen-bond donors (Lipinski definition) is 0. The van der Waals surface area contributed by atoms with E-state index in [1.54, 1.807) is 19.1 Å². The number of anilines is 1. The van der Waals surface area contributed by atoms with Gasteiger partial charge in [-0.1, -0.05) is 12.1 Å². The van der Waals surface area contributed by atoms with Crippen LogP contribution in [0.25, 0.3) is 0 Å². The first-order valence-electron chi connectivity index (χ1n) is 11.1. The molecule has 0 N–H and O–H groups in total. The molecule has 0 bridgehead atoms. The Balaban J connectivity index is 1.62. The lowest BCUT2D eigenvalue weighted by Crippen LogP contribution is -2.40. The van der Waals surface area contributed by atoms with E-state index in [1.807, 2.05) is 36.1 Å². The Bertz CT molecular complexity index is 992. The zero-order valence-electron chi connectivity index (χ0n) is 19.0. The Labute approximate surface area is 188 Å². The van der Waals surface area contributed by atoms with E-state index in [0.717, 1.165) is 41.8 Å². The molecule has 4 rings (SSSR count). The summed E-state index contributed by atoms with van der Waals surface area (Å²) >= 11 is 0. The summed E-state index contributed by atoms with van der Waals surface area (Å²) in [6, 6.07) is 7.51. The molecule has 0 radical (unpaired) electrons. The van der Waals surface area contributed by atoms with Gasteiger partial charge in [0.15, 0.2) is 5.82 Å². The number of methoxy groups -OCH3 is 2. The summed E-state index contributed by atoms with van der Waals surface area (Å²) in [5.41, 5.74) is 2.68. The first-order valence-corrected chi connectivity index (χ1v) is 11.1. The van der Waals surface area contributed by atoms with Gasteiger partial charge in [0, 0.05) is 24.9 Å². The number of likely N-dealkylation sites (tertiary alicyclic amines) is 1. The summed E-state index contributed by atoms with van der Waals surface area (Å²) < 4.78 is 10.3. The first-order chi connectivity index (χ1) is 15.5. The molecular weight excluding hydrogens is 408 g/mol. The predicted octanol–water partition coefficient (Wildman–Crippen LogP) is 2.97. The third-order valence-electron chi connectivity index (χ3n) is 6.24. The Morgan fingerprint density at radius 3 is 2.66 bits per heavy atom. The number of carbonyl (C=O) groups is 2. The Morgan fingerprint density at radius 1 is 1.16 bits per heavy atom. The van der Waals surface area contributed by atoms with Crippen LogP contribution in [0.3, 0.4) is 0 Å². The molecule has 0 aliphatic carbocycles. The largest absolute Gasteiger partial charge is 0.497 e. The van der Waals surface area contributed by atoms with Gasteiger partial charge < -0.3 is 14.4 Å². The van der Waals surface area contributed by atoms with Gasteiger partial charge in [-0.2, -0.15) is 0 Å². The number of ether oxygens (including phenoxy) is 2. The van der Waals surface area contributed by atoms with Crippen molar-refractivity contribution in [1.29, 1.82) is 0 Å². The molecule has 2 aliphatic rings. The SMILES string of the molecule is COCCC(=O)N1CCCCC1c1nc(C)c2c(n1)N(Cc1ccc(OC)cc1)C(=O)C2. The van der Waals surface area contributed by atoms with Crippen molar-refractivity contribution in [3.8, 4) is 5.75 Å². The lowest BCUT2D eigenvalue weighted by Gasteiger charge is -2.35. The minimum absolute atomic E-state index is 0.0158. The maximum absolute atomic E-state index is 12.8. The molecule has 170 valence electrons. The van der Waals surface area contributed by atoms with Crippen molar-refractivity contribution in [2.45, 2.75) is 51.6 Å². The van der Waals surface area contributed by atoms with Crippen molar-refractivity contribution >= 4 is 17.6 Å². The van der Waals surface area contributed by atoms with E-state index in [4.69, 9.17) is 19.4 Å². The van der Waals surface area contributed by atoms with Crippen LogP contribution >= 0.6 is 0 Å². The summed E-state index contributed by atoms with van der Waals surface area (Å²) in [5, 5.41) is 0. The van der Waals surface area contributed by atoms with E-state index in [-0.39, 0.29) is 17.9 Å². The van der Waals surface area contributed by atoms with Crippen LogP contribution in [-0.2, 0) is 27.3 Å². The van der Waals surface area contributed by atoms with Crippen LogP contribution in [0.2, 0.25) is 0 Å². The topological polar surface area (TPSA) is 84.9 Å². The molecular formula is C24H30N4O4. The number of nitrogens with zero attached hydrogens (tertiary/aromatic N) is 4. The highest BCUT2D eigenvalue weighted by Crippen LogP contribution is 2.35. The lowest BCUT2D eigenvalue weighted by atomic mass is 10.0. The molecule has 0 spiro atoms. The van der Waals surface area contributed by atoms with Gasteiger partial charge in [-0.15, -0.1) is 0 Å². The van der Waals surface area contributed by atoms with Crippen LogP contribution in [0, 0.1) is 6.92 Å². The van der Waals surface area contributed by atoms with E-state index in [1.165, 1.54) is 0 Å². The highest BCUT2D eigenvalue weighted by molar-refractivity contribution is 6.00. The molecule has 1 aromatic heterocycles. The van der Waals surface area contributed by atoms with Crippen molar-refractivity contribution < 1.29 is 19.1 Å². The smallest absolute Gasteiger partial charge is 0.233 e. The Morgan fingerprint density at radius 2 is 1.94 bits per heavy atom. The Hall–Kier alpha value is -3.00. The highest BCUT2D eigenvalue weighted by Gasteiger charge is 2.35. The van der Waals surface area contributed by atoms with Crippen LogP contribution < -0.4 is 9.64 Å².